The number of aliphatic hydroxyl groups is 1. The van der Waals surface area contributed by atoms with E-state index >= 15 is 0 Å². The van der Waals surface area contributed by atoms with Crippen LogP contribution in [0.5, 0.6) is 0 Å². The topological polar surface area (TPSA) is 66.8 Å². The van der Waals surface area contributed by atoms with Crippen LogP contribution < -0.4 is 4.90 Å². The largest absolute Gasteiger partial charge is 0.465 e. The number of aliphatic hydroxyl groups excluding tert-OH is 1. The monoisotopic (exact) mass is 443 g/mol. The third kappa shape index (κ3) is 6.65. The summed E-state index contributed by atoms with van der Waals surface area (Å²) in [7, 11) is 1.40. The normalized spacial score (nSPS) is 16.1. The van der Waals surface area contributed by atoms with Gasteiger partial charge in [-0.25, -0.2) is 4.79 Å². The Morgan fingerprint density at radius 3 is 2.58 bits per heavy atom. The third-order valence-electron chi connectivity index (χ3n) is 5.92. The Morgan fingerprint density at radius 1 is 1.06 bits per heavy atom. The van der Waals surface area contributed by atoms with Gasteiger partial charge in [0.1, 0.15) is 4.88 Å². The number of amides is 1. The van der Waals surface area contributed by atoms with Crippen LogP contribution in [0, 0.1) is 0 Å². The molecule has 0 radical (unpaired) electrons. The number of hydrogen-bond acceptors (Lipinski definition) is 5. The summed E-state index contributed by atoms with van der Waals surface area (Å²) >= 11 is 1.49. The second kappa shape index (κ2) is 12.0. The number of aryl methyl sites for hydroxylation is 2. The van der Waals surface area contributed by atoms with Gasteiger partial charge in [0.2, 0.25) is 5.91 Å². The van der Waals surface area contributed by atoms with Gasteiger partial charge in [0, 0.05) is 29.6 Å². The lowest BCUT2D eigenvalue weighted by Gasteiger charge is -2.25. The van der Waals surface area contributed by atoms with Gasteiger partial charge < -0.3 is 14.7 Å². The van der Waals surface area contributed by atoms with Gasteiger partial charge in [0.05, 0.1) is 7.11 Å². The fourth-order valence-corrected chi connectivity index (χ4v) is 5.19. The minimum Gasteiger partial charge on any atom is -0.465 e. The lowest BCUT2D eigenvalue weighted by molar-refractivity contribution is -0.117. The highest BCUT2D eigenvalue weighted by Crippen LogP contribution is 2.30. The van der Waals surface area contributed by atoms with E-state index in [4.69, 9.17) is 9.84 Å². The molecule has 1 atom stereocenters. The molecule has 0 spiro atoms. The number of nitrogens with zero attached hydrogens (tertiary/aromatic N) is 1. The number of anilines is 1. The zero-order chi connectivity index (χ0) is 22.1. The van der Waals surface area contributed by atoms with E-state index in [-0.39, 0.29) is 24.5 Å². The van der Waals surface area contributed by atoms with Crippen LogP contribution in [0.1, 0.15) is 71.5 Å². The molecule has 5 nitrogen and oxygen atoms in total. The van der Waals surface area contributed by atoms with Gasteiger partial charge in [0.25, 0.3) is 0 Å². The zero-order valence-corrected chi connectivity index (χ0v) is 19.2. The summed E-state index contributed by atoms with van der Waals surface area (Å²) in [6, 6.07) is 12.5. The summed E-state index contributed by atoms with van der Waals surface area (Å²) in [4.78, 5) is 28.0. The fraction of sp³-hybridized carbons (Fsp3) is 0.520. The Balaban J connectivity index is 1.50. The highest BCUT2D eigenvalue weighted by atomic mass is 32.1. The summed E-state index contributed by atoms with van der Waals surface area (Å²) < 4.78 is 4.77. The molecule has 1 saturated heterocycles. The van der Waals surface area contributed by atoms with Gasteiger partial charge in [-0.05, 0) is 74.8 Å². The van der Waals surface area contributed by atoms with Crippen molar-refractivity contribution in [2.45, 2.75) is 70.3 Å². The Kier molecular flexibility index (Phi) is 9.10. The van der Waals surface area contributed by atoms with E-state index in [1.165, 1.54) is 28.9 Å². The number of ether oxygens (including phenoxy) is 1. The molecule has 1 aliphatic rings. The number of rotatable bonds is 12. The van der Waals surface area contributed by atoms with Gasteiger partial charge in [-0.15, -0.1) is 11.3 Å². The summed E-state index contributed by atoms with van der Waals surface area (Å²) in [5.41, 5.74) is 2.30. The predicted molar refractivity (Wildman–Crippen MR) is 125 cm³/mol. The van der Waals surface area contributed by atoms with E-state index in [1.807, 2.05) is 17.0 Å². The number of carbonyl (C=O) groups is 2. The van der Waals surface area contributed by atoms with E-state index in [0.717, 1.165) is 63.5 Å². The molecule has 1 N–H and O–H groups in total. The van der Waals surface area contributed by atoms with Crippen molar-refractivity contribution in [3.63, 3.8) is 0 Å². The van der Waals surface area contributed by atoms with Crippen molar-refractivity contribution < 1.29 is 19.4 Å². The molecule has 31 heavy (non-hydrogen) atoms. The number of carbonyl (C=O) groups excluding carboxylic acids is 2. The number of benzene rings is 1. The molecule has 1 aliphatic heterocycles. The second-order valence-corrected chi connectivity index (χ2v) is 9.33. The first-order valence-electron chi connectivity index (χ1n) is 11.3. The first-order valence-corrected chi connectivity index (χ1v) is 12.1. The van der Waals surface area contributed by atoms with E-state index in [9.17, 15) is 9.59 Å². The minimum atomic E-state index is -0.280. The van der Waals surface area contributed by atoms with Crippen molar-refractivity contribution >= 4 is 28.9 Å². The Hall–Kier alpha value is -2.18. The Labute approximate surface area is 189 Å². The van der Waals surface area contributed by atoms with E-state index < -0.39 is 0 Å². The quantitative estimate of drug-likeness (QED) is 0.364. The molecule has 1 aromatic carbocycles. The van der Waals surface area contributed by atoms with Crippen LogP contribution in [-0.4, -0.2) is 36.7 Å². The van der Waals surface area contributed by atoms with E-state index in [0.29, 0.717) is 11.3 Å². The lowest BCUT2D eigenvalue weighted by atomic mass is 10.0. The minimum absolute atomic E-state index is 0.214. The second-order valence-electron chi connectivity index (χ2n) is 8.16. The molecular formula is C25H33NO4S. The summed E-state index contributed by atoms with van der Waals surface area (Å²) in [6.45, 7) is 0.279. The van der Waals surface area contributed by atoms with Crippen LogP contribution in [0.4, 0.5) is 5.69 Å². The van der Waals surface area contributed by atoms with Gasteiger partial charge in [-0.2, -0.15) is 0 Å². The number of unbranched alkanes of at least 4 members (excludes halogenated alkanes) is 3. The van der Waals surface area contributed by atoms with Crippen LogP contribution >= 0.6 is 11.3 Å². The molecule has 1 fully saturated rings. The van der Waals surface area contributed by atoms with Crippen LogP contribution in [0.25, 0.3) is 0 Å². The molecule has 1 amide bonds. The zero-order valence-electron chi connectivity index (χ0n) is 18.3. The molecule has 2 aromatic rings. The third-order valence-corrected chi connectivity index (χ3v) is 7.05. The SMILES string of the molecule is COC(=O)c1ccc(CCC[C@H]2CCC(=O)N2c2ccc(CCCCCCO)cc2)s1. The molecule has 1 aromatic heterocycles. The van der Waals surface area contributed by atoms with Crippen molar-refractivity contribution in [3.8, 4) is 0 Å². The summed E-state index contributed by atoms with van der Waals surface area (Å²) in [6.07, 6.45) is 9.65. The van der Waals surface area contributed by atoms with Crippen molar-refractivity contribution in [2.24, 2.45) is 0 Å². The number of hydrogen-bond donors (Lipinski definition) is 1. The Morgan fingerprint density at radius 2 is 1.84 bits per heavy atom. The number of esters is 1. The van der Waals surface area contributed by atoms with Crippen LogP contribution in [0.2, 0.25) is 0 Å². The lowest BCUT2D eigenvalue weighted by Crippen LogP contribution is -2.32. The van der Waals surface area contributed by atoms with Crippen molar-refractivity contribution in [3.05, 3.63) is 51.7 Å². The van der Waals surface area contributed by atoms with Crippen LogP contribution in [0.15, 0.2) is 36.4 Å². The molecule has 3 rings (SSSR count). The maximum absolute atomic E-state index is 12.5. The van der Waals surface area contributed by atoms with Gasteiger partial charge in [-0.1, -0.05) is 25.0 Å². The summed E-state index contributed by atoms with van der Waals surface area (Å²) in [5.74, 6) is -0.0664. The highest BCUT2D eigenvalue weighted by molar-refractivity contribution is 7.13. The van der Waals surface area contributed by atoms with Crippen molar-refractivity contribution in [1.29, 1.82) is 0 Å². The molecule has 0 saturated carbocycles. The predicted octanol–water partition coefficient (Wildman–Crippen LogP) is 5.15. The van der Waals surface area contributed by atoms with E-state index in [2.05, 4.69) is 24.3 Å². The standard InChI is InChI=1S/C25H33NO4S/c1-30-25(29)23-16-15-22(31-23)9-6-8-20-14-17-24(28)26(20)21-12-10-19(11-13-21)7-4-2-3-5-18-27/h10-13,15-16,20,27H,2-9,14,17-18H2,1H3/t20-/m0/s1. The molecular weight excluding hydrogens is 410 g/mol. The van der Waals surface area contributed by atoms with Crippen molar-refractivity contribution in [1.82, 2.24) is 0 Å². The molecule has 0 bridgehead atoms. The summed E-state index contributed by atoms with van der Waals surface area (Å²) in [5, 5.41) is 8.85. The van der Waals surface area contributed by atoms with E-state index in [1.54, 1.807) is 0 Å². The molecule has 0 unspecified atom stereocenters. The average Bonchev–Trinajstić information content (AvgIpc) is 3.40. The van der Waals surface area contributed by atoms with Gasteiger partial charge in [0.15, 0.2) is 0 Å². The van der Waals surface area contributed by atoms with Gasteiger partial charge >= 0.3 is 5.97 Å². The average molecular weight is 444 g/mol. The van der Waals surface area contributed by atoms with Crippen molar-refractivity contribution in [2.75, 3.05) is 18.6 Å². The van der Waals surface area contributed by atoms with Crippen LogP contribution in [0.3, 0.4) is 0 Å². The number of thiophene rings is 1. The molecule has 2 heterocycles. The smallest absolute Gasteiger partial charge is 0.348 e. The van der Waals surface area contributed by atoms with Crippen LogP contribution in [-0.2, 0) is 22.4 Å². The van der Waals surface area contributed by atoms with Gasteiger partial charge in [-0.3, -0.25) is 4.79 Å². The molecule has 0 aliphatic carbocycles. The first kappa shape index (κ1) is 23.5. The molecule has 6 heteroatoms. The Bertz CT molecular complexity index is 845. The maximum Gasteiger partial charge on any atom is 0.348 e. The maximum atomic E-state index is 12.5. The molecule has 168 valence electrons. The first-order chi connectivity index (χ1) is 15.1. The fourth-order valence-electron chi connectivity index (χ4n) is 4.22. The number of methoxy groups -OCH3 is 1. The highest BCUT2D eigenvalue weighted by Gasteiger charge is 2.31.